The van der Waals surface area contributed by atoms with Crippen LogP contribution in [-0.4, -0.2) is 23.4 Å². The number of nitrogens with zero attached hydrogens (tertiary/aromatic N) is 1. The van der Waals surface area contributed by atoms with Gasteiger partial charge in [0.05, 0.1) is 12.8 Å². The molecule has 0 atom stereocenters. The van der Waals surface area contributed by atoms with Gasteiger partial charge in [-0.05, 0) is 67.5 Å². The molecule has 1 aromatic carbocycles. The van der Waals surface area contributed by atoms with Gasteiger partial charge in [0.15, 0.2) is 0 Å². The first-order valence-corrected chi connectivity index (χ1v) is 8.78. The molecule has 0 N–H and O–H groups in total. The van der Waals surface area contributed by atoms with E-state index in [0.29, 0.717) is 24.0 Å². The first kappa shape index (κ1) is 16.8. The zero-order valence-electron chi connectivity index (χ0n) is 13.5. The minimum Gasteiger partial charge on any atom is -0.492 e. The highest BCUT2D eigenvalue weighted by Gasteiger charge is 2.14. The number of pyridine rings is 1. The monoisotopic (exact) mass is 345 g/mol. The Morgan fingerprint density at radius 3 is 2.71 bits per heavy atom. The Morgan fingerprint density at radius 2 is 1.92 bits per heavy atom. The van der Waals surface area contributed by atoms with Crippen LogP contribution in [-0.2, 0) is 12.8 Å². The Balaban J connectivity index is 1.57. The molecule has 0 saturated carbocycles. The molecule has 24 heavy (non-hydrogen) atoms. The van der Waals surface area contributed by atoms with E-state index in [2.05, 4.69) is 4.98 Å². The maximum Gasteiger partial charge on any atom is 0.362 e. The second-order valence-electron chi connectivity index (χ2n) is 5.80. The second-order valence-corrected chi connectivity index (χ2v) is 6.18. The van der Waals surface area contributed by atoms with Gasteiger partial charge in [-0.15, -0.1) is 11.6 Å². The summed E-state index contributed by atoms with van der Waals surface area (Å²) in [6, 6.07) is 9.18. The number of hydrogen-bond acceptors (Lipinski definition) is 4. The molecule has 1 heterocycles. The molecule has 2 aromatic rings. The van der Waals surface area contributed by atoms with Crippen molar-refractivity contribution >= 4 is 17.6 Å². The molecular formula is C19H20ClNO3. The first-order valence-electron chi connectivity index (χ1n) is 8.25. The molecule has 1 aliphatic carbocycles. The molecule has 0 aliphatic heterocycles. The van der Waals surface area contributed by atoms with E-state index in [1.165, 1.54) is 17.5 Å². The molecule has 1 aromatic heterocycles. The molecule has 126 valence electrons. The quantitative estimate of drug-likeness (QED) is 0.327. The number of fused-ring (bicyclic) bond motifs is 1. The SMILES string of the molecule is O=C(Oc1ccc2c(c1)CCC2)c1ccc(OCCCCCl)cn1. The van der Waals surface area contributed by atoms with Gasteiger partial charge < -0.3 is 9.47 Å². The average molecular weight is 346 g/mol. The van der Waals surface area contributed by atoms with E-state index in [4.69, 9.17) is 21.1 Å². The van der Waals surface area contributed by atoms with Crippen LogP contribution < -0.4 is 9.47 Å². The van der Waals surface area contributed by atoms with Crippen LogP contribution in [0.3, 0.4) is 0 Å². The fourth-order valence-corrected chi connectivity index (χ4v) is 2.93. The van der Waals surface area contributed by atoms with Crippen molar-refractivity contribution in [1.29, 1.82) is 0 Å². The number of halogens is 1. The predicted octanol–water partition coefficient (Wildman–Crippen LogP) is 4.19. The van der Waals surface area contributed by atoms with E-state index >= 15 is 0 Å². The largest absolute Gasteiger partial charge is 0.492 e. The van der Waals surface area contributed by atoms with E-state index in [0.717, 1.165) is 25.7 Å². The van der Waals surface area contributed by atoms with E-state index in [1.54, 1.807) is 18.3 Å². The Morgan fingerprint density at radius 1 is 1.08 bits per heavy atom. The lowest BCUT2D eigenvalue weighted by molar-refractivity contribution is 0.0728. The van der Waals surface area contributed by atoms with Crippen molar-refractivity contribution in [3.8, 4) is 11.5 Å². The molecule has 0 unspecified atom stereocenters. The normalized spacial score (nSPS) is 12.7. The van der Waals surface area contributed by atoms with E-state index in [1.807, 2.05) is 18.2 Å². The standard InChI is InChI=1S/C19H20ClNO3/c20-10-1-2-11-23-17-8-9-18(21-13-17)19(22)24-16-7-6-14-4-3-5-15(14)12-16/h6-9,12-13H,1-5,10-11H2. The van der Waals surface area contributed by atoms with E-state index in [-0.39, 0.29) is 5.69 Å². The highest BCUT2D eigenvalue weighted by Crippen LogP contribution is 2.26. The molecule has 0 spiro atoms. The number of aryl methyl sites for hydroxylation is 2. The van der Waals surface area contributed by atoms with Crippen LogP contribution in [0.1, 0.15) is 40.9 Å². The number of unbranched alkanes of at least 4 members (excludes halogenated alkanes) is 1. The zero-order valence-corrected chi connectivity index (χ0v) is 14.2. The molecule has 0 fully saturated rings. The Hall–Kier alpha value is -2.07. The van der Waals surface area contributed by atoms with Crippen LogP contribution in [0.25, 0.3) is 0 Å². The van der Waals surface area contributed by atoms with Gasteiger partial charge in [0.25, 0.3) is 0 Å². The van der Waals surface area contributed by atoms with E-state index < -0.39 is 5.97 Å². The van der Waals surface area contributed by atoms with Crippen molar-refractivity contribution in [3.63, 3.8) is 0 Å². The lowest BCUT2D eigenvalue weighted by atomic mass is 10.1. The molecule has 4 nitrogen and oxygen atoms in total. The predicted molar refractivity (Wildman–Crippen MR) is 93.1 cm³/mol. The van der Waals surface area contributed by atoms with Crippen LogP contribution in [0.5, 0.6) is 11.5 Å². The minimum atomic E-state index is -0.457. The summed E-state index contributed by atoms with van der Waals surface area (Å²) in [6.07, 6.45) is 6.68. The molecular weight excluding hydrogens is 326 g/mol. The van der Waals surface area contributed by atoms with Crippen LogP contribution in [0.2, 0.25) is 0 Å². The fourth-order valence-electron chi connectivity index (χ4n) is 2.74. The average Bonchev–Trinajstić information content (AvgIpc) is 3.07. The summed E-state index contributed by atoms with van der Waals surface area (Å²) in [7, 11) is 0. The summed E-state index contributed by atoms with van der Waals surface area (Å²) < 4.78 is 11.0. The first-order chi connectivity index (χ1) is 11.8. The Kier molecular flexibility index (Phi) is 5.70. The van der Waals surface area contributed by atoms with Gasteiger partial charge in [-0.2, -0.15) is 0 Å². The fraction of sp³-hybridized carbons (Fsp3) is 0.368. The molecule has 0 saturated heterocycles. The third-order valence-corrected chi connectivity index (χ3v) is 4.29. The topological polar surface area (TPSA) is 48.4 Å². The number of carbonyl (C=O) groups excluding carboxylic acids is 1. The molecule has 0 bridgehead atoms. The maximum absolute atomic E-state index is 12.2. The molecule has 3 rings (SSSR count). The lowest BCUT2D eigenvalue weighted by Crippen LogP contribution is -2.10. The number of alkyl halides is 1. The summed E-state index contributed by atoms with van der Waals surface area (Å²) in [5.41, 5.74) is 2.89. The smallest absolute Gasteiger partial charge is 0.362 e. The number of esters is 1. The third-order valence-electron chi connectivity index (χ3n) is 4.02. The van der Waals surface area contributed by atoms with Crippen molar-refractivity contribution in [2.24, 2.45) is 0 Å². The van der Waals surface area contributed by atoms with Gasteiger partial charge in [-0.1, -0.05) is 6.07 Å². The minimum absolute atomic E-state index is 0.267. The number of carbonyl (C=O) groups is 1. The molecule has 0 amide bonds. The highest BCUT2D eigenvalue weighted by molar-refractivity contribution is 6.17. The zero-order chi connectivity index (χ0) is 16.8. The number of ether oxygens (including phenoxy) is 2. The molecule has 0 radical (unpaired) electrons. The summed E-state index contributed by atoms with van der Waals surface area (Å²) in [4.78, 5) is 16.3. The van der Waals surface area contributed by atoms with Crippen LogP contribution in [0.15, 0.2) is 36.5 Å². The van der Waals surface area contributed by atoms with E-state index in [9.17, 15) is 4.79 Å². The van der Waals surface area contributed by atoms with Gasteiger partial charge in [-0.3, -0.25) is 0 Å². The number of aromatic nitrogens is 1. The van der Waals surface area contributed by atoms with Crippen molar-refractivity contribution in [2.45, 2.75) is 32.1 Å². The van der Waals surface area contributed by atoms with Crippen molar-refractivity contribution in [1.82, 2.24) is 4.98 Å². The maximum atomic E-state index is 12.2. The highest BCUT2D eigenvalue weighted by atomic mass is 35.5. The number of benzene rings is 1. The summed E-state index contributed by atoms with van der Waals surface area (Å²) in [5, 5.41) is 0. The van der Waals surface area contributed by atoms with Crippen molar-refractivity contribution in [2.75, 3.05) is 12.5 Å². The van der Waals surface area contributed by atoms with Gasteiger partial charge >= 0.3 is 5.97 Å². The summed E-state index contributed by atoms with van der Waals surface area (Å²) >= 11 is 5.62. The van der Waals surface area contributed by atoms with Crippen molar-refractivity contribution in [3.05, 3.63) is 53.3 Å². The number of rotatable bonds is 7. The van der Waals surface area contributed by atoms with Crippen LogP contribution in [0, 0.1) is 0 Å². The summed E-state index contributed by atoms with van der Waals surface area (Å²) in [5.74, 6) is 1.39. The lowest BCUT2D eigenvalue weighted by Gasteiger charge is -2.07. The Labute approximate surface area is 146 Å². The second kappa shape index (κ2) is 8.15. The molecule has 5 heteroatoms. The van der Waals surface area contributed by atoms with Gasteiger partial charge in [0, 0.05) is 5.88 Å². The van der Waals surface area contributed by atoms with Gasteiger partial charge in [0.2, 0.25) is 0 Å². The Bertz CT molecular complexity index is 700. The van der Waals surface area contributed by atoms with Crippen molar-refractivity contribution < 1.29 is 14.3 Å². The van der Waals surface area contributed by atoms with Crippen LogP contribution in [0.4, 0.5) is 0 Å². The van der Waals surface area contributed by atoms with Crippen LogP contribution >= 0.6 is 11.6 Å². The third kappa shape index (κ3) is 4.26. The van der Waals surface area contributed by atoms with Gasteiger partial charge in [0.1, 0.15) is 17.2 Å². The summed E-state index contributed by atoms with van der Waals surface area (Å²) in [6.45, 7) is 0.591. The number of hydrogen-bond donors (Lipinski definition) is 0. The van der Waals surface area contributed by atoms with Gasteiger partial charge in [-0.25, -0.2) is 9.78 Å². The molecule has 1 aliphatic rings.